The number of anilines is 1. The minimum atomic E-state index is -0.292. The molecule has 0 aliphatic carbocycles. The predicted octanol–water partition coefficient (Wildman–Crippen LogP) is 4.40. The van der Waals surface area contributed by atoms with Crippen molar-refractivity contribution in [3.63, 3.8) is 0 Å². The van der Waals surface area contributed by atoms with E-state index in [4.69, 9.17) is 4.74 Å². The molecular weight excluding hydrogens is 364 g/mol. The van der Waals surface area contributed by atoms with Crippen LogP contribution in [0.4, 0.5) is 5.69 Å². The molecule has 1 fully saturated rings. The predicted molar refractivity (Wildman–Crippen MR) is 114 cm³/mol. The van der Waals surface area contributed by atoms with Crippen LogP contribution in [0.3, 0.4) is 0 Å². The molecule has 3 aromatic rings. The average molecular weight is 388 g/mol. The highest BCUT2D eigenvalue weighted by atomic mass is 16.5. The lowest BCUT2D eigenvalue weighted by molar-refractivity contribution is -0.118. The molecule has 1 heterocycles. The minimum Gasteiger partial charge on any atom is -0.484 e. The number of nitrogens with one attached hydrogen (secondary N) is 1. The smallest absolute Gasteiger partial charge is 0.262 e. The first-order chi connectivity index (χ1) is 14.1. The number of benzene rings is 3. The fourth-order valence-electron chi connectivity index (χ4n) is 3.73. The maximum absolute atomic E-state index is 12.9. The van der Waals surface area contributed by atoms with Crippen molar-refractivity contribution in [2.45, 2.75) is 19.8 Å². The van der Waals surface area contributed by atoms with Crippen LogP contribution in [-0.2, 0) is 4.79 Å². The Morgan fingerprint density at radius 2 is 1.72 bits per heavy atom. The molecule has 3 aromatic carbocycles. The Hall–Kier alpha value is -3.34. The van der Waals surface area contributed by atoms with Crippen LogP contribution in [0.2, 0.25) is 0 Å². The molecule has 0 atom stereocenters. The molecular formula is C24H24N2O3. The van der Waals surface area contributed by atoms with E-state index < -0.39 is 0 Å². The first-order valence-corrected chi connectivity index (χ1v) is 9.92. The van der Waals surface area contributed by atoms with Gasteiger partial charge in [0.25, 0.3) is 11.8 Å². The zero-order valence-electron chi connectivity index (χ0n) is 16.5. The number of rotatable bonds is 5. The van der Waals surface area contributed by atoms with Gasteiger partial charge in [0, 0.05) is 13.1 Å². The van der Waals surface area contributed by atoms with Crippen molar-refractivity contribution in [3.05, 3.63) is 71.8 Å². The van der Waals surface area contributed by atoms with Crippen LogP contribution in [-0.4, -0.2) is 36.4 Å². The van der Waals surface area contributed by atoms with Gasteiger partial charge in [-0.25, -0.2) is 0 Å². The van der Waals surface area contributed by atoms with Crippen LogP contribution in [0.1, 0.15) is 28.8 Å². The number of aryl methyl sites for hydroxylation is 1. The first kappa shape index (κ1) is 19.0. The Bertz CT molecular complexity index is 1050. The molecule has 1 aliphatic rings. The van der Waals surface area contributed by atoms with E-state index in [-0.39, 0.29) is 18.4 Å². The van der Waals surface area contributed by atoms with E-state index in [1.165, 1.54) is 0 Å². The summed E-state index contributed by atoms with van der Waals surface area (Å²) in [5.41, 5.74) is 1.96. The van der Waals surface area contributed by atoms with E-state index in [1.54, 1.807) is 6.07 Å². The van der Waals surface area contributed by atoms with Crippen molar-refractivity contribution in [2.24, 2.45) is 0 Å². The maximum Gasteiger partial charge on any atom is 0.262 e. The molecule has 1 aliphatic heterocycles. The highest BCUT2D eigenvalue weighted by Crippen LogP contribution is 2.24. The Morgan fingerprint density at radius 3 is 2.52 bits per heavy atom. The molecule has 5 nitrogen and oxygen atoms in total. The van der Waals surface area contributed by atoms with Crippen molar-refractivity contribution >= 4 is 28.3 Å². The third kappa shape index (κ3) is 4.24. The summed E-state index contributed by atoms with van der Waals surface area (Å²) in [5, 5.41) is 5.03. The van der Waals surface area contributed by atoms with Gasteiger partial charge in [0.05, 0.1) is 11.3 Å². The van der Waals surface area contributed by atoms with Gasteiger partial charge in [0.1, 0.15) is 5.75 Å². The highest BCUT2D eigenvalue weighted by molar-refractivity contribution is 6.05. The summed E-state index contributed by atoms with van der Waals surface area (Å²) in [4.78, 5) is 27.3. The number of fused-ring (bicyclic) bond motifs is 1. The van der Waals surface area contributed by atoms with Crippen LogP contribution < -0.4 is 10.1 Å². The zero-order chi connectivity index (χ0) is 20.2. The molecule has 1 N–H and O–H groups in total. The van der Waals surface area contributed by atoms with Crippen molar-refractivity contribution in [1.82, 2.24) is 4.90 Å². The lowest BCUT2D eigenvalue weighted by atomic mass is 10.0. The summed E-state index contributed by atoms with van der Waals surface area (Å²) >= 11 is 0. The molecule has 148 valence electrons. The Kier molecular flexibility index (Phi) is 5.47. The van der Waals surface area contributed by atoms with Crippen molar-refractivity contribution < 1.29 is 14.3 Å². The van der Waals surface area contributed by atoms with E-state index >= 15 is 0 Å². The maximum atomic E-state index is 12.9. The molecule has 4 rings (SSSR count). The monoisotopic (exact) mass is 388 g/mol. The molecule has 0 unspecified atom stereocenters. The van der Waals surface area contributed by atoms with E-state index in [9.17, 15) is 9.59 Å². The van der Waals surface area contributed by atoms with Gasteiger partial charge in [-0.2, -0.15) is 0 Å². The third-order valence-corrected chi connectivity index (χ3v) is 5.24. The van der Waals surface area contributed by atoms with Crippen LogP contribution in [0, 0.1) is 6.92 Å². The fourth-order valence-corrected chi connectivity index (χ4v) is 3.73. The fraction of sp³-hybridized carbons (Fsp3) is 0.250. The summed E-state index contributed by atoms with van der Waals surface area (Å²) in [6.45, 7) is 3.31. The summed E-state index contributed by atoms with van der Waals surface area (Å²) in [7, 11) is 0. The number of amides is 2. The zero-order valence-corrected chi connectivity index (χ0v) is 16.5. The highest BCUT2D eigenvalue weighted by Gasteiger charge is 2.24. The molecule has 0 spiro atoms. The van der Waals surface area contributed by atoms with Gasteiger partial charge in [0.2, 0.25) is 0 Å². The average Bonchev–Trinajstić information content (AvgIpc) is 3.27. The number of nitrogens with zero attached hydrogens (tertiary/aromatic N) is 1. The second kappa shape index (κ2) is 8.35. The Labute approximate surface area is 170 Å². The van der Waals surface area contributed by atoms with Crippen LogP contribution in [0.25, 0.3) is 10.8 Å². The third-order valence-electron chi connectivity index (χ3n) is 5.24. The molecule has 2 amide bonds. The quantitative estimate of drug-likeness (QED) is 0.705. The summed E-state index contributed by atoms with van der Waals surface area (Å²) < 4.78 is 5.67. The SMILES string of the molecule is Cc1cccc(NC(=O)COc2ccc3ccccc3c2)c1C(=O)N1CCCC1. The number of ether oxygens (including phenoxy) is 1. The molecule has 5 heteroatoms. The number of carbonyl (C=O) groups excluding carboxylic acids is 2. The molecule has 0 saturated carbocycles. The lowest BCUT2D eigenvalue weighted by Crippen LogP contribution is -2.30. The summed E-state index contributed by atoms with van der Waals surface area (Å²) in [6.07, 6.45) is 2.05. The molecule has 1 saturated heterocycles. The van der Waals surface area contributed by atoms with Crippen molar-refractivity contribution in [1.29, 1.82) is 0 Å². The largest absolute Gasteiger partial charge is 0.484 e. The summed E-state index contributed by atoms with van der Waals surface area (Å²) in [5.74, 6) is 0.321. The Balaban J connectivity index is 1.45. The van der Waals surface area contributed by atoms with Crippen LogP contribution in [0.15, 0.2) is 60.7 Å². The number of likely N-dealkylation sites (tertiary alicyclic amines) is 1. The van der Waals surface area contributed by atoms with E-state index in [1.807, 2.05) is 66.4 Å². The van der Waals surface area contributed by atoms with Gasteiger partial charge < -0.3 is 15.0 Å². The van der Waals surface area contributed by atoms with Gasteiger partial charge in [-0.15, -0.1) is 0 Å². The van der Waals surface area contributed by atoms with E-state index in [0.717, 1.165) is 42.3 Å². The van der Waals surface area contributed by atoms with Crippen LogP contribution >= 0.6 is 0 Å². The normalized spacial score (nSPS) is 13.5. The molecule has 0 radical (unpaired) electrons. The van der Waals surface area contributed by atoms with Gasteiger partial charge in [0.15, 0.2) is 6.61 Å². The summed E-state index contributed by atoms with van der Waals surface area (Å²) in [6, 6.07) is 19.2. The second-order valence-electron chi connectivity index (χ2n) is 7.34. The molecule has 0 aromatic heterocycles. The van der Waals surface area contributed by atoms with E-state index in [2.05, 4.69) is 5.32 Å². The molecule has 0 bridgehead atoms. The minimum absolute atomic E-state index is 0.0219. The number of hydrogen-bond acceptors (Lipinski definition) is 3. The van der Waals surface area contributed by atoms with Crippen LogP contribution in [0.5, 0.6) is 5.75 Å². The van der Waals surface area contributed by atoms with E-state index in [0.29, 0.717) is 17.0 Å². The standard InChI is InChI=1S/C24H24N2O3/c1-17-7-6-10-21(23(17)24(28)26-13-4-5-14-26)25-22(27)16-29-20-12-11-18-8-2-3-9-19(18)15-20/h2-3,6-12,15H,4-5,13-14,16H2,1H3,(H,25,27). The molecule has 29 heavy (non-hydrogen) atoms. The van der Waals surface area contributed by atoms with Gasteiger partial charge in [-0.3, -0.25) is 9.59 Å². The van der Waals surface area contributed by atoms with Crippen molar-refractivity contribution in [3.8, 4) is 5.75 Å². The van der Waals surface area contributed by atoms with Gasteiger partial charge in [-0.1, -0.05) is 42.5 Å². The lowest BCUT2D eigenvalue weighted by Gasteiger charge is -2.19. The Morgan fingerprint density at radius 1 is 0.966 bits per heavy atom. The first-order valence-electron chi connectivity index (χ1n) is 9.92. The second-order valence-corrected chi connectivity index (χ2v) is 7.34. The number of carbonyl (C=O) groups is 2. The topological polar surface area (TPSA) is 58.6 Å². The van der Waals surface area contributed by atoms with Gasteiger partial charge >= 0.3 is 0 Å². The number of hydrogen-bond donors (Lipinski definition) is 1. The van der Waals surface area contributed by atoms with Crippen molar-refractivity contribution in [2.75, 3.05) is 25.0 Å². The van der Waals surface area contributed by atoms with Gasteiger partial charge in [-0.05, 0) is 54.3 Å².